The summed E-state index contributed by atoms with van der Waals surface area (Å²) in [5.41, 5.74) is 1.04. The fourth-order valence-electron chi connectivity index (χ4n) is 1.77. The van der Waals surface area contributed by atoms with E-state index < -0.39 is 0 Å². The van der Waals surface area contributed by atoms with Crippen molar-refractivity contribution in [3.05, 3.63) is 0 Å². The van der Waals surface area contributed by atoms with Gasteiger partial charge in [-0.05, 0) is 13.3 Å². The van der Waals surface area contributed by atoms with Crippen LogP contribution in [0.5, 0.6) is 0 Å². The first-order chi connectivity index (χ1) is 7.25. The molecular formula is C10H17N3O2. The van der Waals surface area contributed by atoms with Crippen LogP contribution in [0.1, 0.15) is 19.8 Å². The van der Waals surface area contributed by atoms with Crippen molar-refractivity contribution >= 4 is 11.6 Å². The van der Waals surface area contributed by atoms with Crippen LogP contribution in [0.2, 0.25) is 0 Å². The van der Waals surface area contributed by atoms with Gasteiger partial charge in [0.1, 0.15) is 0 Å². The molecule has 0 aromatic rings. The summed E-state index contributed by atoms with van der Waals surface area (Å²) in [7, 11) is 0. The Morgan fingerprint density at radius 1 is 1.33 bits per heavy atom. The first kappa shape index (κ1) is 10.6. The molecule has 0 atom stereocenters. The quantitative estimate of drug-likeness (QED) is 0.659. The summed E-state index contributed by atoms with van der Waals surface area (Å²) in [5, 5.41) is 5.86. The Labute approximate surface area is 89.7 Å². The third-order valence-electron chi connectivity index (χ3n) is 2.72. The van der Waals surface area contributed by atoms with Gasteiger partial charge < -0.3 is 4.74 Å². The van der Waals surface area contributed by atoms with Crippen LogP contribution < -0.4 is 0 Å². The summed E-state index contributed by atoms with van der Waals surface area (Å²) in [4.78, 5) is 13.8. The van der Waals surface area contributed by atoms with Gasteiger partial charge in [0.2, 0.25) is 5.91 Å². The van der Waals surface area contributed by atoms with Crippen molar-refractivity contribution in [2.24, 2.45) is 5.10 Å². The van der Waals surface area contributed by atoms with Crippen molar-refractivity contribution in [3.8, 4) is 0 Å². The second-order valence-corrected chi connectivity index (χ2v) is 4.00. The Kier molecular flexibility index (Phi) is 3.33. The molecule has 15 heavy (non-hydrogen) atoms. The van der Waals surface area contributed by atoms with Gasteiger partial charge in [-0.15, -0.1) is 0 Å². The zero-order chi connectivity index (χ0) is 10.7. The lowest BCUT2D eigenvalue weighted by Gasteiger charge is -2.31. The van der Waals surface area contributed by atoms with Gasteiger partial charge in [-0.25, -0.2) is 5.01 Å². The number of nitrogens with zero attached hydrogens (tertiary/aromatic N) is 3. The Hall–Kier alpha value is -0.940. The third-order valence-corrected chi connectivity index (χ3v) is 2.72. The van der Waals surface area contributed by atoms with E-state index in [2.05, 4.69) is 10.0 Å². The summed E-state index contributed by atoms with van der Waals surface area (Å²) in [5.74, 6) is 0.132. The van der Waals surface area contributed by atoms with Crippen molar-refractivity contribution in [2.45, 2.75) is 19.8 Å². The molecular weight excluding hydrogens is 194 g/mol. The van der Waals surface area contributed by atoms with Crippen LogP contribution in [-0.2, 0) is 9.53 Å². The van der Waals surface area contributed by atoms with Crippen LogP contribution in [0, 0.1) is 0 Å². The maximum atomic E-state index is 11.6. The number of amides is 1. The SMILES string of the molecule is CC1=NN(CN2CCOCC2)C(=O)CC1. The Morgan fingerprint density at radius 2 is 2.07 bits per heavy atom. The monoisotopic (exact) mass is 211 g/mol. The number of morpholine rings is 1. The molecule has 0 aliphatic carbocycles. The van der Waals surface area contributed by atoms with E-state index in [4.69, 9.17) is 4.74 Å². The van der Waals surface area contributed by atoms with E-state index in [1.807, 2.05) is 6.92 Å². The first-order valence-corrected chi connectivity index (χ1v) is 5.40. The van der Waals surface area contributed by atoms with Gasteiger partial charge >= 0.3 is 0 Å². The molecule has 0 aromatic carbocycles. The van der Waals surface area contributed by atoms with Crippen molar-refractivity contribution in [2.75, 3.05) is 33.0 Å². The summed E-state index contributed by atoms with van der Waals surface area (Å²) in [6, 6.07) is 0. The van der Waals surface area contributed by atoms with E-state index in [1.54, 1.807) is 5.01 Å². The van der Waals surface area contributed by atoms with Crippen LogP contribution in [-0.4, -0.2) is 54.5 Å². The van der Waals surface area contributed by atoms with E-state index in [9.17, 15) is 4.79 Å². The fraction of sp³-hybridized carbons (Fsp3) is 0.800. The highest BCUT2D eigenvalue weighted by molar-refractivity contribution is 5.90. The zero-order valence-electron chi connectivity index (χ0n) is 9.11. The van der Waals surface area contributed by atoms with Crippen molar-refractivity contribution in [3.63, 3.8) is 0 Å². The number of rotatable bonds is 2. The molecule has 5 nitrogen and oxygen atoms in total. The molecule has 0 spiro atoms. The number of hydrogen-bond donors (Lipinski definition) is 0. The highest BCUT2D eigenvalue weighted by Crippen LogP contribution is 2.10. The second-order valence-electron chi connectivity index (χ2n) is 4.00. The van der Waals surface area contributed by atoms with Crippen molar-refractivity contribution in [1.29, 1.82) is 0 Å². The average Bonchev–Trinajstić information content (AvgIpc) is 2.25. The predicted molar refractivity (Wildman–Crippen MR) is 56.4 cm³/mol. The number of carbonyl (C=O) groups is 1. The Bertz CT molecular complexity index is 272. The van der Waals surface area contributed by atoms with Crippen LogP contribution in [0.3, 0.4) is 0 Å². The lowest BCUT2D eigenvalue weighted by molar-refractivity contribution is -0.135. The maximum Gasteiger partial charge on any atom is 0.244 e. The summed E-state index contributed by atoms with van der Waals surface area (Å²) in [6.45, 7) is 5.87. The van der Waals surface area contributed by atoms with Gasteiger partial charge in [0.25, 0.3) is 0 Å². The van der Waals surface area contributed by atoms with Gasteiger partial charge in [-0.1, -0.05) is 0 Å². The molecule has 2 aliphatic heterocycles. The molecule has 84 valence electrons. The van der Waals surface area contributed by atoms with E-state index in [0.717, 1.165) is 38.4 Å². The number of ether oxygens (including phenoxy) is 1. The zero-order valence-corrected chi connectivity index (χ0v) is 9.11. The van der Waals surface area contributed by atoms with Crippen LogP contribution in [0.15, 0.2) is 5.10 Å². The molecule has 0 N–H and O–H groups in total. The van der Waals surface area contributed by atoms with E-state index in [0.29, 0.717) is 13.1 Å². The summed E-state index contributed by atoms with van der Waals surface area (Å²) in [6.07, 6.45) is 1.40. The maximum absolute atomic E-state index is 11.6. The third kappa shape index (κ3) is 2.76. The molecule has 1 saturated heterocycles. The largest absolute Gasteiger partial charge is 0.379 e. The standard InChI is InChI=1S/C10H17N3O2/c1-9-2-3-10(14)13(11-9)8-12-4-6-15-7-5-12/h2-8H2,1H3. The van der Waals surface area contributed by atoms with E-state index in [-0.39, 0.29) is 5.91 Å². The van der Waals surface area contributed by atoms with Crippen molar-refractivity contribution < 1.29 is 9.53 Å². The molecule has 2 rings (SSSR count). The molecule has 0 unspecified atom stereocenters. The predicted octanol–water partition coefficient (Wildman–Crippen LogP) is 0.274. The highest BCUT2D eigenvalue weighted by Gasteiger charge is 2.21. The molecule has 2 aliphatic rings. The molecule has 5 heteroatoms. The highest BCUT2D eigenvalue weighted by atomic mass is 16.5. The summed E-state index contributed by atoms with van der Waals surface area (Å²) < 4.78 is 5.26. The number of carbonyl (C=O) groups excluding carboxylic acids is 1. The lowest BCUT2D eigenvalue weighted by atomic mass is 10.2. The van der Waals surface area contributed by atoms with Crippen molar-refractivity contribution in [1.82, 2.24) is 9.91 Å². The fourth-order valence-corrected chi connectivity index (χ4v) is 1.77. The normalized spacial score (nSPS) is 24.2. The molecule has 0 saturated carbocycles. The minimum absolute atomic E-state index is 0.132. The van der Waals surface area contributed by atoms with Gasteiger partial charge in [0.15, 0.2) is 0 Å². The molecule has 0 aromatic heterocycles. The number of hydrazone groups is 1. The second kappa shape index (κ2) is 4.72. The summed E-state index contributed by atoms with van der Waals surface area (Å²) >= 11 is 0. The average molecular weight is 211 g/mol. The lowest BCUT2D eigenvalue weighted by Crippen LogP contribution is -2.45. The van der Waals surface area contributed by atoms with Gasteiger partial charge in [-0.2, -0.15) is 5.10 Å². The van der Waals surface area contributed by atoms with Crippen LogP contribution in [0.4, 0.5) is 0 Å². The molecule has 2 heterocycles. The van der Waals surface area contributed by atoms with Gasteiger partial charge in [-0.3, -0.25) is 9.69 Å². The van der Waals surface area contributed by atoms with Gasteiger partial charge in [0.05, 0.1) is 19.9 Å². The Morgan fingerprint density at radius 3 is 2.80 bits per heavy atom. The first-order valence-electron chi connectivity index (χ1n) is 5.40. The molecule has 0 bridgehead atoms. The minimum Gasteiger partial charge on any atom is -0.379 e. The molecule has 1 fully saturated rings. The van der Waals surface area contributed by atoms with Crippen LogP contribution >= 0.6 is 0 Å². The smallest absolute Gasteiger partial charge is 0.244 e. The minimum atomic E-state index is 0.132. The topological polar surface area (TPSA) is 45.1 Å². The van der Waals surface area contributed by atoms with E-state index in [1.165, 1.54) is 0 Å². The van der Waals surface area contributed by atoms with Crippen LogP contribution in [0.25, 0.3) is 0 Å². The molecule has 1 amide bonds. The number of hydrogen-bond acceptors (Lipinski definition) is 4. The molecule has 0 radical (unpaired) electrons. The van der Waals surface area contributed by atoms with Gasteiger partial charge in [0, 0.05) is 25.2 Å². The Balaban J connectivity index is 1.91. The van der Waals surface area contributed by atoms with E-state index >= 15 is 0 Å².